The molecule has 9 nitrogen and oxygen atoms in total. The van der Waals surface area contributed by atoms with E-state index in [0.29, 0.717) is 24.8 Å². The summed E-state index contributed by atoms with van der Waals surface area (Å²) < 4.78 is 13.9. The van der Waals surface area contributed by atoms with Crippen LogP contribution < -0.4 is 15.4 Å². The average Bonchev–Trinajstić information content (AvgIpc) is 3.30. The molecule has 1 saturated carbocycles. The van der Waals surface area contributed by atoms with Gasteiger partial charge < -0.3 is 24.7 Å². The van der Waals surface area contributed by atoms with Crippen LogP contribution in [0.15, 0.2) is 36.9 Å². The number of rotatable bonds is 5. The molecule has 2 fully saturated rings. The molecule has 5 rings (SSSR count). The second-order valence-electron chi connectivity index (χ2n) is 8.05. The number of hydrogen-bond acceptors (Lipinski definition) is 7. The van der Waals surface area contributed by atoms with E-state index in [4.69, 9.17) is 20.2 Å². The van der Waals surface area contributed by atoms with Gasteiger partial charge in [0.2, 0.25) is 5.88 Å². The molecule has 0 atom stereocenters. The highest BCUT2D eigenvalue weighted by Crippen LogP contribution is 2.34. The fourth-order valence-electron chi connectivity index (χ4n) is 4.50. The van der Waals surface area contributed by atoms with Crippen LogP contribution in [0.25, 0.3) is 10.9 Å². The molecular weight excluding hydrogens is 396 g/mol. The zero-order valence-electron chi connectivity index (χ0n) is 17.3. The van der Waals surface area contributed by atoms with Crippen molar-refractivity contribution in [3.8, 4) is 5.88 Å². The molecule has 1 amide bonds. The van der Waals surface area contributed by atoms with Gasteiger partial charge in [0.15, 0.2) is 0 Å². The van der Waals surface area contributed by atoms with Crippen LogP contribution in [0.1, 0.15) is 42.2 Å². The summed E-state index contributed by atoms with van der Waals surface area (Å²) in [7, 11) is 0. The minimum absolute atomic E-state index is 0.0553. The molecule has 3 aromatic heterocycles. The van der Waals surface area contributed by atoms with E-state index >= 15 is 0 Å². The molecule has 0 aromatic carbocycles. The van der Waals surface area contributed by atoms with Gasteiger partial charge in [-0.15, -0.1) is 0 Å². The van der Waals surface area contributed by atoms with Gasteiger partial charge in [-0.05, 0) is 37.8 Å². The molecule has 1 saturated heterocycles. The van der Waals surface area contributed by atoms with Crippen molar-refractivity contribution in [1.29, 1.82) is 0 Å². The monoisotopic (exact) mass is 422 g/mol. The predicted octanol–water partition coefficient (Wildman–Crippen LogP) is 2.32. The Bertz CT molecular complexity index is 1070. The number of pyridine rings is 1. The Morgan fingerprint density at radius 2 is 2.00 bits per heavy atom. The van der Waals surface area contributed by atoms with Crippen molar-refractivity contribution in [1.82, 2.24) is 19.5 Å². The van der Waals surface area contributed by atoms with E-state index in [0.717, 1.165) is 55.5 Å². The molecule has 0 spiro atoms. The van der Waals surface area contributed by atoms with Crippen LogP contribution in [-0.4, -0.2) is 57.8 Å². The lowest BCUT2D eigenvalue weighted by Crippen LogP contribution is -2.36. The number of anilines is 1. The highest BCUT2D eigenvalue weighted by atomic mass is 16.5. The molecule has 3 aromatic rings. The van der Waals surface area contributed by atoms with E-state index in [1.54, 1.807) is 18.6 Å². The van der Waals surface area contributed by atoms with Crippen LogP contribution in [0.3, 0.4) is 0 Å². The van der Waals surface area contributed by atoms with E-state index in [1.807, 2.05) is 22.9 Å². The number of primary amides is 1. The third-order valence-corrected chi connectivity index (χ3v) is 6.14. The molecule has 0 unspecified atom stereocenters. The molecular formula is C22H26N6O3. The highest BCUT2D eigenvalue weighted by molar-refractivity contribution is 5.91. The molecule has 1 aliphatic heterocycles. The second-order valence-corrected chi connectivity index (χ2v) is 8.05. The standard InChI is InChI=1S/C22H26N6O3/c23-21(29)19-2-1-7-28(19)15-3-5-16(6-4-15)31-22-17-13-24-14-25-18(17)12-20(26-22)27-8-10-30-11-9-27/h1-2,7,12-16H,3-6,8-11H2,(H2,23,29). The fourth-order valence-corrected chi connectivity index (χ4v) is 4.50. The van der Waals surface area contributed by atoms with Crippen molar-refractivity contribution >= 4 is 22.6 Å². The van der Waals surface area contributed by atoms with Crippen LogP contribution in [-0.2, 0) is 4.74 Å². The van der Waals surface area contributed by atoms with Gasteiger partial charge in [0.05, 0.1) is 24.1 Å². The summed E-state index contributed by atoms with van der Waals surface area (Å²) in [6.45, 7) is 2.98. The van der Waals surface area contributed by atoms with E-state index in [2.05, 4.69) is 14.9 Å². The Balaban J connectivity index is 1.33. The van der Waals surface area contributed by atoms with E-state index < -0.39 is 0 Å². The summed E-state index contributed by atoms with van der Waals surface area (Å²) in [6.07, 6.45) is 8.88. The topological polar surface area (TPSA) is 108 Å². The summed E-state index contributed by atoms with van der Waals surface area (Å²) in [4.78, 5) is 27.3. The molecule has 0 bridgehead atoms. The number of hydrogen-bond donors (Lipinski definition) is 1. The molecule has 0 radical (unpaired) electrons. The third kappa shape index (κ3) is 4.05. The Labute approximate surface area is 180 Å². The van der Waals surface area contributed by atoms with Crippen LogP contribution in [0.4, 0.5) is 5.82 Å². The lowest BCUT2D eigenvalue weighted by molar-refractivity contribution is 0.0980. The maximum Gasteiger partial charge on any atom is 0.265 e. The van der Waals surface area contributed by atoms with Gasteiger partial charge in [0.25, 0.3) is 5.91 Å². The number of fused-ring (bicyclic) bond motifs is 1. The minimum atomic E-state index is -0.390. The van der Waals surface area contributed by atoms with Crippen molar-refractivity contribution in [3.63, 3.8) is 0 Å². The number of nitrogens with zero attached hydrogens (tertiary/aromatic N) is 5. The molecule has 162 valence electrons. The predicted molar refractivity (Wildman–Crippen MR) is 115 cm³/mol. The molecule has 2 aliphatic rings. The Kier molecular flexibility index (Phi) is 5.42. The quantitative estimate of drug-likeness (QED) is 0.672. The van der Waals surface area contributed by atoms with E-state index in [1.165, 1.54) is 0 Å². The van der Waals surface area contributed by atoms with Crippen LogP contribution in [0.2, 0.25) is 0 Å². The number of aromatic nitrogens is 4. The van der Waals surface area contributed by atoms with Crippen LogP contribution in [0.5, 0.6) is 5.88 Å². The molecule has 2 N–H and O–H groups in total. The molecule has 1 aliphatic carbocycles. The number of carbonyl (C=O) groups excluding carboxylic acids is 1. The van der Waals surface area contributed by atoms with Crippen molar-refractivity contribution < 1.29 is 14.3 Å². The summed E-state index contributed by atoms with van der Waals surface area (Å²) in [5, 5.41) is 0.822. The maximum atomic E-state index is 11.7. The number of amides is 1. The Morgan fingerprint density at radius 1 is 1.19 bits per heavy atom. The van der Waals surface area contributed by atoms with Gasteiger partial charge in [0.1, 0.15) is 23.9 Å². The average molecular weight is 422 g/mol. The first kappa shape index (κ1) is 19.7. The normalized spacial score (nSPS) is 21.9. The third-order valence-electron chi connectivity index (χ3n) is 6.14. The lowest BCUT2D eigenvalue weighted by Gasteiger charge is -2.31. The van der Waals surface area contributed by atoms with E-state index in [9.17, 15) is 4.79 Å². The molecule has 31 heavy (non-hydrogen) atoms. The summed E-state index contributed by atoms with van der Waals surface area (Å²) in [5.41, 5.74) is 6.90. The Hall–Kier alpha value is -3.20. The number of ether oxygens (including phenoxy) is 2. The molecule has 9 heteroatoms. The minimum Gasteiger partial charge on any atom is -0.474 e. The Morgan fingerprint density at radius 3 is 2.77 bits per heavy atom. The second kappa shape index (κ2) is 8.50. The van der Waals surface area contributed by atoms with Gasteiger partial charge in [0, 0.05) is 37.6 Å². The highest BCUT2D eigenvalue weighted by Gasteiger charge is 2.26. The fraction of sp³-hybridized carbons (Fsp3) is 0.455. The van der Waals surface area contributed by atoms with Crippen LogP contribution >= 0.6 is 0 Å². The zero-order valence-corrected chi connectivity index (χ0v) is 17.3. The van der Waals surface area contributed by atoms with Gasteiger partial charge in [-0.25, -0.2) is 9.97 Å². The van der Waals surface area contributed by atoms with Gasteiger partial charge in [-0.1, -0.05) is 0 Å². The number of morpholine rings is 1. The van der Waals surface area contributed by atoms with E-state index in [-0.39, 0.29) is 18.1 Å². The number of carbonyl (C=O) groups is 1. The van der Waals surface area contributed by atoms with Gasteiger partial charge in [-0.3, -0.25) is 4.79 Å². The van der Waals surface area contributed by atoms with Gasteiger partial charge >= 0.3 is 0 Å². The SMILES string of the molecule is NC(=O)c1cccn1C1CCC(Oc2nc(N3CCOCC3)cc3ncncc23)CC1. The van der Waals surface area contributed by atoms with Crippen molar-refractivity contribution in [2.24, 2.45) is 5.73 Å². The molecule has 4 heterocycles. The largest absolute Gasteiger partial charge is 0.474 e. The van der Waals surface area contributed by atoms with Crippen molar-refractivity contribution in [2.45, 2.75) is 37.8 Å². The van der Waals surface area contributed by atoms with Crippen molar-refractivity contribution in [3.05, 3.63) is 42.6 Å². The zero-order chi connectivity index (χ0) is 21.2. The van der Waals surface area contributed by atoms with Gasteiger partial charge in [-0.2, -0.15) is 4.98 Å². The van der Waals surface area contributed by atoms with Crippen molar-refractivity contribution in [2.75, 3.05) is 31.2 Å². The maximum absolute atomic E-state index is 11.7. The summed E-state index contributed by atoms with van der Waals surface area (Å²) >= 11 is 0. The smallest absolute Gasteiger partial charge is 0.265 e. The summed E-state index contributed by atoms with van der Waals surface area (Å²) in [5.74, 6) is 1.05. The number of nitrogens with two attached hydrogens (primary N) is 1. The first-order valence-electron chi connectivity index (χ1n) is 10.8. The first-order valence-corrected chi connectivity index (χ1v) is 10.8. The first-order chi connectivity index (χ1) is 15.2. The summed E-state index contributed by atoms with van der Waals surface area (Å²) in [6, 6.07) is 5.89. The lowest BCUT2D eigenvalue weighted by atomic mass is 9.92. The van der Waals surface area contributed by atoms with Crippen LogP contribution in [0, 0.1) is 0 Å².